The van der Waals surface area contributed by atoms with E-state index in [1.807, 2.05) is 0 Å². The Morgan fingerprint density at radius 3 is 2.93 bits per heavy atom. The van der Waals surface area contributed by atoms with Gasteiger partial charge in [0.15, 0.2) is 0 Å². The van der Waals surface area contributed by atoms with E-state index < -0.39 is 5.91 Å². The van der Waals surface area contributed by atoms with E-state index in [-0.39, 0.29) is 12.4 Å². The highest BCUT2D eigenvalue weighted by Gasteiger charge is 2.05. The second kappa shape index (κ2) is 3.14. The summed E-state index contributed by atoms with van der Waals surface area (Å²) >= 11 is 0. The quantitative estimate of drug-likeness (QED) is 0.765. The van der Waals surface area contributed by atoms with Crippen molar-refractivity contribution in [1.29, 1.82) is 0 Å². The zero-order valence-electron chi connectivity index (χ0n) is 7.40. The minimum Gasteiger partial charge on any atom is -0.368 e. The molecule has 0 aliphatic rings. The largest absolute Gasteiger partial charge is 0.368 e. The van der Waals surface area contributed by atoms with E-state index in [0.29, 0.717) is 10.9 Å². The number of nitrogens with two attached hydrogens (primary N) is 1. The fraction of sp³-hybridized carbons (Fsp3) is 0.100. The van der Waals surface area contributed by atoms with Gasteiger partial charge in [-0.15, -0.1) is 0 Å². The Kier molecular flexibility index (Phi) is 1.96. The monoisotopic (exact) mass is 192 g/mol. The van der Waals surface area contributed by atoms with Gasteiger partial charge in [0.1, 0.15) is 12.4 Å². The topological polar surface area (TPSA) is 48.0 Å². The molecule has 4 heteroatoms. The van der Waals surface area contributed by atoms with Crippen molar-refractivity contribution < 1.29 is 9.18 Å². The van der Waals surface area contributed by atoms with E-state index >= 15 is 0 Å². The third-order valence-corrected chi connectivity index (χ3v) is 2.09. The van der Waals surface area contributed by atoms with Crippen LogP contribution in [-0.2, 0) is 11.3 Å². The van der Waals surface area contributed by atoms with E-state index in [2.05, 4.69) is 0 Å². The summed E-state index contributed by atoms with van der Waals surface area (Å²) in [6.45, 7) is 0.0763. The van der Waals surface area contributed by atoms with Crippen molar-refractivity contribution in [2.45, 2.75) is 6.54 Å². The summed E-state index contributed by atoms with van der Waals surface area (Å²) in [6, 6.07) is 6.38. The van der Waals surface area contributed by atoms with Crippen molar-refractivity contribution in [3.8, 4) is 0 Å². The average molecular weight is 192 g/mol. The fourth-order valence-corrected chi connectivity index (χ4v) is 1.49. The van der Waals surface area contributed by atoms with Crippen LogP contribution in [0.15, 0.2) is 30.5 Å². The second-order valence-electron chi connectivity index (χ2n) is 3.08. The lowest BCUT2D eigenvalue weighted by atomic mass is 10.2. The van der Waals surface area contributed by atoms with Gasteiger partial charge in [0, 0.05) is 11.6 Å². The zero-order valence-corrected chi connectivity index (χ0v) is 7.40. The Morgan fingerprint density at radius 2 is 2.21 bits per heavy atom. The van der Waals surface area contributed by atoms with E-state index in [9.17, 15) is 9.18 Å². The maximum Gasteiger partial charge on any atom is 0.237 e. The van der Waals surface area contributed by atoms with Gasteiger partial charge in [-0.05, 0) is 18.2 Å². The number of hydrogen-bond donors (Lipinski definition) is 1. The molecule has 72 valence electrons. The van der Waals surface area contributed by atoms with Gasteiger partial charge in [0.25, 0.3) is 0 Å². The SMILES string of the molecule is NC(=O)Cn1ccc2c(F)cccc21. The Bertz CT molecular complexity index is 490. The number of primary amides is 1. The van der Waals surface area contributed by atoms with Crippen molar-refractivity contribution in [2.24, 2.45) is 5.73 Å². The highest BCUT2D eigenvalue weighted by Crippen LogP contribution is 2.18. The van der Waals surface area contributed by atoms with Crippen LogP contribution in [0.1, 0.15) is 0 Å². The van der Waals surface area contributed by atoms with Crippen molar-refractivity contribution in [1.82, 2.24) is 4.57 Å². The minimum atomic E-state index is -0.438. The van der Waals surface area contributed by atoms with Crippen LogP contribution in [0, 0.1) is 5.82 Å². The average Bonchev–Trinajstić information content (AvgIpc) is 2.49. The number of benzene rings is 1. The number of fused-ring (bicyclic) bond motifs is 1. The van der Waals surface area contributed by atoms with Gasteiger partial charge < -0.3 is 10.3 Å². The van der Waals surface area contributed by atoms with Crippen LogP contribution in [0.25, 0.3) is 10.9 Å². The molecule has 0 radical (unpaired) electrons. The molecule has 1 aromatic carbocycles. The number of carbonyl (C=O) groups excluding carboxylic acids is 1. The van der Waals surface area contributed by atoms with Crippen molar-refractivity contribution >= 4 is 16.8 Å². The van der Waals surface area contributed by atoms with Crippen LogP contribution in [0.2, 0.25) is 0 Å². The van der Waals surface area contributed by atoms with Crippen LogP contribution in [0.5, 0.6) is 0 Å². The predicted molar refractivity (Wildman–Crippen MR) is 51.1 cm³/mol. The van der Waals surface area contributed by atoms with Crippen molar-refractivity contribution in [3.05, 3.63) is 36.3 Å². The third-order valence-electron chi connectivity index (χ3n) is 2.09. The molecule has 0 saturated carbocycles. The van der Waals surface area contributed by atoms with Gasteiger partial charge in [-0.3, -0.25) is 4.79 Å². The van der Waals surface area contributed by atoms with E-state index in [0.717, 1.165) is 0 Å². The number of rotatable bonds is 2. The second-order valence-corrected chi connectivity index (χ2v) is 3.08. The lowest BCUT2D eigenvalue weighted by molar-refractivity contribution is -0.118. The molecule has 0 saturated heterocycles. The molecule has 2 rings (SSSR count). The summed E-state index contributed by atoms with van der Waals surface area (Å²) in [5.41, 5.74) is 5.74. The molecule has 0 unspecified atom stereocenters. The Labute approximate surface area is 79.9 Å². The molecule has 14 heavy (non-hydrogen) atoms. The highest BCUT2D eigenvalue weighted by atomic mass is 19.1. The highest BCUT2D eigenvalue weighted by molar-refractivity contribution is 5.83. The lowest BCUT2D eigenvalue weighted by Gasteiger charge is -2.01. The van der Waals surface area contributed by atoms with Crippen LogP contribution in [-0.4, -0.2) is 10.5 Å². The minimum absolute atomic E-state index is 0.0763. The van der Waals surface area contributed by atoms with Crippen LogP contribution in [0.4, 0.5) is 4.39 Å². The number of carbonyl (C=O) groups is 1. The third kappa shape index (κ3) is 1.35. The molecule has 1 amide bonds. The summed E-state index contributed by atoms with van der Waals surface area (Å²) in [4.78, 5) is 10.7. The Morgan fingerprint density at radius 1 is 1.43 bits per heavy atom. The maximum atomic E-state index is 13.2. The number of nitrogens with zero attached hydrogens (tertiary/aromatic N) is 1. The molecule has 0 bridgehead atoms. The number of hydrogen-bond acceptors (Lipinski definition) is 1. The first kappa shape index (κ1) is 8.74. The van der Waals surface area contributed by atoms with E-state index in [1.165, 1.54) is 6.07 Å². The zero-order chi connectivity index (χ0) is 10.1. The van der Waals surface area contributed by atoms with Crippen molar-refractivity contribution in [2.75, 3.05) is 0 Å². The molecule has 1 heterocycles. The normalized spacial score (nSPS) is 10.6. The molecule has 1 aromatic heterocycles. The Balaban J connectivity index is 2.58. The summed E-state index contributed by atoms with van der Waals surface area (Å²) in [6.07, 6.45) is 1.65. The molecule has 0 fully saturated rings. The maximum absolute atomic E-state index is 13.2. The molecule has 0 aliphatic carbocycles. The van der Waals surface area contributed by atoms with E-state index in [1.54, 1.807) is 29.0 Å². The molecule has 2 aromatic rings. The van der Waals surface area contributed by atoms with Gasteiger partial charge >= 0.3 is 0 Å². The first-order chi connectivity index (χ1) is 6.68. The molecule has 0 spiro atoms. The fourth-order valence-electron chi connectivity index (χ4n) is 1.49. The molecular weight excluding hydrogens is 183 g/mol. The molecule has 0 atom stereocenters. The van der Waals surface area contributed by atoms with Gasteiger partial charge in [0.2, 0.25) is 5.91 Å². The predicted octanol–water partition coefficient (Wildman–Crippen LogP) is 1.27. The number of aromatic nitrogens is 1. The van der Waals surface area contributed by atoms with Crippen molar-refractivity contribution in [3.63, 3.8) is 0 Å². The van der Waals surface area contributed by atoms with Crippen LogP contribution >= 0.6 is 0 Å². The molecular formula is C10H9FN2O. The number of amides is 1. The van der Waals surface area contributed by atoms with E-state index in [4.69, 9.17) is 5.73 Å². The van der Waals surface area contributed by atoms with Crippen LogP contribution < -0.4 is 5.73 Å². The summed E-state index contributed by atoms with van der Waals surface area (Å²) in [5.74, 6) is -0.725. The summed E-state index contributed by atoms with van der Waals surface area (Å²) in [5, 5.41) is 0.508. The summed E-state index contributed by atoms with van der Waals surface area (Å²) in [7, 11) is 0. The molecule has 2 N–H and O–H groups in total. The standard InChI is InChI=1S/C10H9FN2O/c11-8-2-1-3-9-7(8)4-5-13(9)6-10(12)14/h1-5H,6H2,(H2,12,14). The van der Waals surface area contributed by atoms with Gasteiger partial charge in [0.05, 0.1) is 5.52 Å². The van der Waals surface area contributed by atoms with Crippen LogP contribution in [0.3, 0.4) is 0 Å². The van der Waals surface area contributed by atoms with Gasteiger partial charge in [-0.1, -0.05) is 6.07 Å². The van der Waals surface area contributed by atoms with Gasteiger partial charge in [-0.2, -0.15) is 0 Å². The molecule has 0 aliphatic heterocycles. The lowest BCUT2D eigenvalue weighted by Crippen LogP contribution is -2.17. The first-order valence-electron chi connectivity index (χ1n) is 4.20. The molecule has 3 nitrogen and oxygen atoms in total. The van der Waals surface area contributed by atoms with Gasteiger partial charge in [-0.25, -0.2) is 4.39 Å². The Hall–Kier alpha value is -1.84. The first-order valence-corrected chi connectivity index (χ1v) is 4.20. The smallest absolute Gasteiger partial charge is 0.237 e. The summed E-state index contributed by atoms with van der Waals surface area (Å²) < 4.78 is 14.8. The number of halogens is 1.